The van der Waals surface area contributed by atoms with Crippen LogP contribution in [0.25, 0.3) is 0 Å². The van der Waals surface area contributed by atoms with Crippen molar-refractivity contribution in [1.29, 1.82) is 0 Å². The van der Waals surface area contributed by atoms with Crippen LogP contribution in [0, 0.1) is 11.8 Å². The molecule has 12 heteroatoms. The molecule has 3 aliphatic heterocycles. The molecule has 3 atom stereocenters. The summed E-state index contributed by atoms with van der Waals surface area (Å²) in [7, 11) is 1.30. The number of hydrogen-bond donors (Lipinski definition) is 0. The summed E-state index contributed by atoms with van der Waals surface area (Å²) < 4.78 is 28.4. The number of rotatable bonds is 8. The lowest BCUT2D eigenvalue weighted by atomic mass is 9.88. The summed E-state index contributed by atoms with van der Waals surface area (Å²) in [5.74, 6) is -1.63. The first-order valence-corrected chi connectivity index (χ1v) is 16.0. The molecule has 4 aliphatic rings. The van der Waals surface area contributed by atoms with Gasteiger partial charge in [0.25, 0.3) is 5.91 Å². The normalized spacial score (nSPS) is 24.8. The molecule has 3 amide bonds. The second-order valence-electron chi connectivity index (χ2n) is 13.9. The number of methoxy groups -OCH3 is 1. The molecule has 2 saturated heterocycles. The van der Waals surface area contributed by atoms with Gasteiger partial charge < -0.3 is 38.4 Å². The summed E-state index contributed by atoms with van der Waals surface area (Å²) in [5, 5.41) is 0. The molecular formula is C33H47N3O9. The number of esters is 1. The number of benzene rings is 1. The minimum Gasteiger partial charge on any atom is -0.476 e. The quantitative estimate of drug-likeness (QED) is 0.388. The number of piperidine rings is 1. The van der Waals surface area contributed by atoms with E-state index in [1.54, 1.807) is 50.5 Å². The number of carbonyl (C=O) groups excluding carboxylic acids is 4. The zero-order valence-electron chi connectivity index (χ0n) is 27.3. The Labute approximate surface area is 265 Å². The third-order valence-corrected chi connectivity index (χ3v) is 8.53. The van der Waals surface area contributed by atoms with Gasteiger partial charge in [-0.25, -0.2) is 4.79 Å². The Bertz CT molecular complexity index is 1280. The summed E-state index contributed by atoms with van der Waals surface area (Å²) in [6, 6.07) is 5.42. The predicted molar refractivity (Wildman–Crippen MR) is 165 cm³/mol. The first kappa shape index (κ1) is 33.0. The van der Waals surface area contributed by atoms with E-state index in [4.69, 9.17) is 23.7 Å². The van der Waals surface area contributed by atoms with E-state index in [0.29, 0.717) is 36.9 Å². The van der Waals surface area contributed by atoms with Crippen LogP contribution < -0.4 is 14.5 Å². The largest absolute Gasteiger partial charge is 0.476 e. The van der Waals surface area contributed by atoms with E-state index in [9.17, 15) is 19.2 Å². The SMILES string of the molecule is COC(=O)C1CC(C(=O)N(c2ccc3c(c2)N(CCOC2CCCCO2)C(=O)C(C)(C)O3)C2CC2)CN(C(=O)OC(C)(C)C)C1. The zero-order valence-corrected chi connectivity index (χ0v) is 27.3. The number of ether oxygens (including phenoxy) is 5. The fourth-order valence-electron chi connectivity index (χ4n) is 6.18. The van der Waals surface area contributed by atoms with Crippen molar-refractivity contribution in [3.05, 3.63) is 18.2 Å². The van der Waals surface area contributed by atoms with Crippen LogP contribution in [0.4, 0.5) is 16.2 Å². The molecule has 3 fully saturated rings. The van der Waals surface area contributed by atoms with Gasteiger partial charge in [-0.3, -0.25) is 14.4 Å². The van der Waals surface area contributed by atoms with Gasteiger partial charge in [0.1, 0.15) is 11.4 Å². The van der Waals surface area contributed by atoms with Gasteiger partial charge in [-0.2, -0.15) is 0 Å². The van der Waals surface area contributed by atoms with Crippen molar-refractivity contribution >= 4 is 35.3 Å². The standard InChI is InChI=1S/C33H47N3O9/c1-32(2,3)45-31(40)34-19-21(17-22(20-34)29(38)41-6)28(37)36(23-10-11-23)24-12-13-26-25(18-24)35(30(39)33(4,5)44-26)14-16-43-27-9-7-8-15-42-27/h12-13,18,21-23,27H,7-11,14-17,19-20H2,1-6H3. The Morgan fingerprint density at radius 1 is 1.07 bits per heavy atom. The topological polar surface area (TPSA) is 124 Å². The number of amides is 3. The van der Waals surface area contributed by atoms with E-state index in [-0.39, 0.29) is 43.7 Å². The highest BCUT2D eigenvalue weighted by molar-refractivity contribution is 6.04. The smallest absolute Gasteiger partial charge is 0.410 e. The number of fused-ring (bicyclic) bond motifs is 1. The van der Waals surface area contributed by atoms with Gasteiger partial charge in [0.15, 0.2) is 11.9 Å². The maximum Gasteiger partial charge on any atom is 0.410 e. The maximum atomic E-state index is 14.3. The van der Waals surface area contributed by atoms with Crippen LogP contribution >= 0.6 is 0 Å². The number of hydrogen-bond acceptors (Lipinski definition) is 9. The Balaban J connectivity index is 1.39. The summed E-state index contributed by atoms with van der Waals surface area (Å²) in [5.41, 5.74) is -0.609. The Morgan fingerprint density at radius 3 is 2.44 bits per heavy atom. The van der Waals surface area contributed by atoms with Gasteiger partial charge in [0, 0.05) is 38.0 Å². The molecule has 3 heterocycles. The Hall–Kier alpha value is -3.38. The average Bonchev–Trinajstić information content (AvgIpc) is 3.83. The molecule has 248 valence electrons. The molecule has 45 heavy (non-hydrogen) atoms. The molecule has 1 aromatic carbocycles. The first-order valence-electron chi connectivity index (χ1n) is 16.0. The summed E-state index contributed by atoms with van der Waals surface area (Å²) in [6.45, 7) is 10.3. The van der Waals surface area contributed by atoms with Crippen molar-refractivity contribution in [2.75, 3.05) is 49.8 Å². The van der Waals surface area contributed by atoms with Crippen molar-refractivity contribution in [2.45, 2.75) is 96.7 Å². The molecule has 0 spiro atoms. The molecule has 1 aromatic rings. The van der Waals surface area contributed by atoms with Crippen molar-refractivity contribution in [1.82, 2.24) is 4.90 Å². The fourth-order valence-corrected chi connectivity index (χ4v) is 6.18. The van der Waals surface area contributed by atoms with Crippen molar-refractivity contribution < 1.29 is 42.9 Å². The zero-order chi connectivity index (χ0) is 32.5. The van der Waals surface area contributed by atoms with E-state index < -0.39 is 35.1 Å². The van der Waals surface area contributed by atoms with Gasteiger partial charge in [0.2, 0.25) is 5.91 Å². The molecule has 12 nitrogen and oxygen atoms in total. The first-order chi connectivity index (χ1) is 21.3. The summed E-state index contributed by atoms with van der Waals surface area (Å²) >= 11 is 0. The van der Waals surface area contributed by atoms with Crippen molar-refractivity contribution in [2.24, 2.45) is 11.8 Å². The Kier molecular flexibility index (Phi) is 9.65. The Morgan fingerprint density at radius 2 is 1.80 bits per heavy atom. The lowest BCUT2D eigenvalue weighted by Crippen LogP contribution is -2.54. The molecule has 0 radical (unpaired) electrons. The lowest BCUT2D eigenvalue weighted by molar-refractivity contribution is -0.161. The van der Waals surface area contributed by atoms with E-state index in [0.717, 1.165) is 32.1 Å². The van der Waals surface area contributed by atoms with Gasteiger partial charge >= 0.3 is 12.1 Å². The van der Waals surface area contributed by atoms with E-state index in [1.165, 1.54) is 12.0 Å². The average molecular weight is 630 g/mol. The number of anilines is 2. The van der Waals surface area contributed by atoms with Crippen LogP contribution in [0.15, 0.2) is 18.2 Å². The molecule has 5 rings (SSSR count). The molecule has 0 N–H and O–H groups in total. The summed E-state index contributed by atoms with van der Waals surface area (Å²) in [6.07, 6.45) is 3.94. The van der Waals surface area contributed by atoms with Crippen LogP contribution in [0.5, 0.6) is 5.75 Å². The lowest BCUT2D eigenvalue weighted by Gasteiger charge is -2.40. The highest BCUT2D eigenvalue weighted by atomic mass is 16.7. The second kappa shape index (κ2) is 13.2. The van der Waals surface area contributed by atoms with Crippen LogP contribution in [-0.4, -0.2) is 92.3 Å². The van der Waals surface area contributed by atoms with E-state index >= 15 is 0 Å². The van der Waals surface area contributed by atoms with Gasteiger partial charge in [0.05, 0.1) is 31.2 Å². The number of nitrogens with zero attached hydrogens (tertiary/aromatic N) is 3. The van der Waals surface area contributed by atoms with Crippen molar-refractivity contribution in [3.8, 4) is 5.75 Å². The fraction of sp³-hybridized carbons (Fsp3) is 0.697. The van der Waals surface area contributed by atoms with Crippen LogP contribution in [-0.2, 0) is 33.3 Å². The minimum atomic E-state index is -1.07. The monoisotopic (exact) mass is 629 g/mol. The molecule has 3 unspecified atom stereocenters. The maximum absolute atomic E-state index is 14.3. The van der Waals surface area contributed by atoms with Gasteiger partial charge in [-0.1, -0.05) is 0 Å². The van der Waals surface area contributed by atoms with Crippen LogP contribution in [0.2, 0.25) is 0 Å². The minimum absolute atomic E-state index is 0.0269. The summed E-state index contributed by atoms with van der Waals surface area (Å²) in [4.78, 5) is 58.4. The number of carbonyl (C=O) groups is 4. The molecule has 0 aromatic heterocycles. The molecule has 0 bridgehead atoms. The van der Waals surface area contributed by atoms with Gasteiger partial charge in [-0.05, 0) is 91.3 Å². The highest BCUT2D eigenvalue weighted by Gasteiger charge is 2.45. The van der Waals surface area contributed by atoms with E-state index in [2.05, 4.69) is 0 Å². The van der Waals surface area contributed by atoms with Crippen LogP contribution in [0.1, 0.15) is 73.1 Å². The molecule has 1 aliphatic carbocycles. The third kappa shape index (κ3) is 7.71. The predicted octanol–water partition coefficient (Wildman–Crippen LogP) is 4.28. The molecular weight excluding hydrogens is 582 g/mol. The van der Waals surface area contributed by atoms with E-state index in [1.807, 2.05) is 12.1 Å². The highest BCUT2D eigenvalue weighted by Crippen LogP contribution is 2.43. The molecule has 1 saturated carbocycles. The van der Waals surface area contributed by atoms with Crippen molar-refractivity contribution in [3.63, 3.8) is 0 Å². The van der Waals surface area contributed by atoms with Crippen LogP contribution in [0.3, 0.4) is 0 Å². The van der Waals surface area contributed by atoms with Gasteiger partial charge in [-0.15, -0.1) is 0 Å². The second-order valence-corrected chi connectivity index (χ2v) is 13.9. The third-order valence-electron chi connectivity index (χ3n) is 8.53. The number of likely N-dealkylation sites (tertiary alicyclic amines) is 1.